The Hall–Kier alpha value is -1.94. The van der Waals surface area contributed by atoms with Crippen molar-refractivity contribution in [3.05, 3.63) is 0 Å². The van der Waals surface area contributed by atoms with Crippen LogP contribution < -0.4 is 0 Å². The van der Waals surface area contributed by atoms with Crippen LogP contribution in [0.15, 0.2) is 0 Å². The zero-order valence-corrected chi connectivity index (χ0v) is 69.4. The van der Waals surface area contributed by atoms with Crippen LogP contribution in [0.1, 0.15) is 446 Å². The fourth-order valence-corrected chi connectivity index (χ4v) is 14.6. The summed E-state index contributed by atoms with van der Waals surface area (Å²) in [6, 6.07) is 0. The topological polar surface area (TPSA) is 237 Å². The molecule has 0 radical (unpaired) electrons. The maximum absolute atomic E-state index is 13.1. The van der Waals surface area contributed by atoms with Crippen molar-refractivity contribution in [3.8, 4) is 0 Å². The lowest BCUT2D eigenvalue weighted by Gasteiger charge is -2.21. The molecule has 0 aliphatic carbocycles. The van der Waals surface area contributed by atoms with Crippen LogP contribution in [0.2, 0.25) is 0 Å². The number of esters is 4. The SMILES string of the molecule is CCCCCCCCCCCCCCCCCCCCCCCCC(=O)O[C@H](COC(=O)CCCCCCCCCCCCCCCCC(C)CC)COP(=O)(O)OC[C@@H](O)COP(=O)(O)OC[C@@H](COC(=O)CCCCCCC)OC(=O)CCCCCCCCCCCCCCCCC(C)CC. The quantitative estimate of drug-likeness (QED) is 0.0222. The minimum Gasteiger partial charge on any atom is -0.462 e. The molecule has 0 amide bonds. The van der Waals surface area contributed by atoms with E-state index in [2.05, 4.69) is 41.5 Å². The monoisotopic (exact) mass is 1510 g/mol. The first-order valence-corrected chi connectivity index (χ1v) is 46.6. The number of ether oxygens (including phenoxy) is 4. The third kappa shape index (κ3) is 75.3. The van der Waals surface area contributed by atoms with Gasteiger partial charge in [0.25, 0.3) is 0 Å². The number of phosphoric ester groups is 2. The third-order valence-electron chi connectivity index (χ3n) is 20.4. The average Bonchev–Trinajstić information content (AvgIpc) is 1.04. The highest BCUT2D eigenvalue weighted by atomic mass is 31.2. The first kappa shape index (κ1) is 101. The Morgan fingerprint density at radius 1 is 0.272 bits per heavy atom. The zero-order chi connectivity index (χ0) is 75.6. The summed E-state index contributed by atoms with van der Waals surface area (Å²) < 4.78 is 68.6. The van der Waals surface area contributed by atoms with Crippen LogP contribution in [0.4, 0.5) is 0 Å². The summed E-state index contributed by atoms with van der Waals surface area (Å²) in [5.41, 5.74) is 0. The molecular formula is C84H164O17P2. The lowest BCUT2D eigenvalue weighted by Crippen LogP contribution is -2.30. The van der Waals surface area contributed by atoms with Crippen molar-refractivity contribution in [2.75, 3.05) is 39.6 Å². The predicted molar refractivity (Wildman–Crippen MR) is 423 cm³/mol. The van der Waals surface area contributed by atoms with Crippen molar-refractivity contribution in [2.45, 2.75) is 464 Å². The minimum atomic E-state index is -4.96. The Bertz CT molecular complexity index is 1980. The van der Waals surface area contributed by atoms with E-state index >= 15 is 0 Å². The van der Waals surface area contributed by atoms with E-state index in [-0.39, 0.29) is 25.7 Å². The number of carbonyl (C=O) groups is 4. The molecule has 17 nitrogen and oxygen atoms in total. The second-order valence-electron chi connectivity index (χ2n) is 30.7. The zero-order valence-electron chi connectivity index (χ0n) is 67.6. The molecule has 3 N–H and O–H groups in total. The van der Waals surface area contributed by atoms with Gasteiger partial charge in [-0.2, -0.15) is 0 Å². The smallest absolute Gasteiger partial charge is 0.462 e. The summed E-state index contributed by atoms with van der Waals surface area (Å²) in [5.74, 6) is -0.421. The first-order valence-electron chi connectivity index (χ1n) is 43.6. The van der Waals surface area contributed by atoms with Crippen molar-refractivity contribution in [2.24, 2.45) is 11.8 Å². The molecule has 0 aliphatic heterocycles. The number of hydrogen-bond acceptors (Lipinski definition) is 15. The molecule has 0 aromatic heterocycles. The Morgan fingerprint density at radius 2 is 0.466 bits per heavy atom. The van der Waals surface area contributed by atoms with Crippen LogP contribution in [0.5, 0.6) is 0 Å². The van der Waals surface area contributed by atoms with E-state index in [0.717, 1.165) is 108 Å². The van der Waals surface area contributed by atoms with Crippen molar-refractivity contribution >= 4 is 39.5 Å². The van der Waals surface area contributed by atoms with Crippen molar-refractivity contribution < 1.29 is 80.2 Å². The van der Waals surface area contributed by atoms with Crippen LogP contribution in [0.3, 0.4) is 0 Å². The van der Waals surface area contributed by atoms with Gasteiger partial charge in [-0.05, 0) is 37.5 Å². The lowest BCUT2D eigenvalue weighted by molar-refractivity contribution is -0.161. The summed E-state index contributed by atoms with van der Waals surface area (Å²) in [7, 11) is -9.91. The molecule has 0 spiro atoms. The van der Waals surface area contributed by atoms with Crippen LogP contribution >= 0.6 is 15.6 Å². The van der Waals surface area contributed by atoms with Gasteiger partial charge in [0.05, 0.1) is 26.4 Å². The van der Waals surface area contributed by atoms with E-state index in [1.807, 2.05) is 0 Å². The van der Waals surface area contributed by atoms with E-state index in [4.69, 9.17) is 37.0 Å². The van der Waals surface area contributed by atoms with Gasteiger partial charge >= 0.3 is 39.5 Å². The highest BCUT2D eigenvalue weighted by molar-refractivity contribution is 7.47. The molecule has 0 rings (SSSR count). The summed E-state index contributed by atoms with van der Waals surface area (Å²) in [6.45, 7) is 9.67. The largest absolute Gasteiger partial charge is 0.472 e. The number of aliphatic hydroxyl groups excluding tert-OH is 1. The highest BCUT2D eigenvalue weighted by Crippen LogP contribution is 2.45. The van der Waals surface area contributed by atoms with Gasteiger partial charge in [-0.15, -0.1) is 0 Å². The maximum Gasteiger partial charge on any atom is 0.472 e. The molecule has 4 unspecified atom stereocenters. The van der Waals surface area contributed by atoms with Gasteiger partial charge in [-0.1, -0.05) is 395 Å². The number of hydrogen-bond donors (Lipinski definition) is 3. The second-order valence-corrected chi connectivity index (χ2v) is 33.6. The Balaban J connectivity index is 5.11. The number of aliphatic hydroxyl groups is 1. The van der Waals surface area contributed by atoms with Crippen LogP contribution in [-0.2, 0) is 65.4 Å². The molecule has 103 heavy (non-hydrogen) atoms. The minimum absolute atomic E-state index is 0.107. The summed E-state index contributed by atoms with van der Waals surface area (Å²) in [6.07, 6.45) is 67.1. The average molecular weight is 1510 g/mol. The van der Waals surface area contributed by atoms with Gasteiger partial charge in [-0.3, -0.25) is 37.3 Å². The molecule has 19 heteroatoms. The number of unbranched alkanes of at least 4 members (excludes halogenated alkanes) is 51. The molecular weight excluding hydrogens is 1340 g/mol. The molecule has 0 heterocycles. The maximum atomic E-state index is 13.1. The van der Waals surface area contributed by atoms with Gasteiger partial charge < -0.3 is 33.8 Å². The molecule has 0 bridgehead atoms. The standard InChI is InChI=1S/C84H164O17P2/c1-7-11-13-15-16-17-18-19-20-21-22-23-24-25-26-27-35-40-45-50-56-63-69-84(89)101-80(73-95-82(87)67-61-55-49-44-39-34-30-28-32-37-42-47-53-58-64-76(5)9-3)75-99-103(92,93)97-71-78(85)70-96-102(90,91)98-74-79(72-94-81(86)66-60-52-14-12-8-2)100-83(88)68-62-57-51-46-41-36-31-29-33-38-43-48-54-59-65-77(6)10-4/h76-80,85H,7-75H2,1-6H3,(H,90,91)(H,92,93)/t76?,77?,78-,79+,80+/m0/s1. The Kier molecular flexibility index (Phi) is 74.1. The van der Waals surface area contributed by atoms with Gasteiger partial charge in [0, 0.05) is 25.7 Å². The van der Waals surface area contributed by atoms with Gasteiger partial charge in [0.15, 0.2) is 12.2 Å². The lowest BCUT2D eigenvalue weighted by atomic mass is 9.99. The fourth-order valence-electron chi connectivity index (χ4n) is 13.0. The molecule has 7 atom stereocenters. The first-order chi connectivity index (χ1) is 49.9. The van der Waals surface area contributed by atoms with E-state index in [9.17, 15) is 43.2 Å². The Morgan fingerprint density at radius 3 is 0.689 bits per heavy atom. The molecule has 0 fully saturated rings. The number of carbonyl (C=O) groups excluding carboxylic acids is 4. The van der Waals surface area contributed by atoms with Crippen LogP contribution in [-0.4, -0.2) is 96.7 Å². The van der Waals surface area contributed by atoms with Crippen molar-refractivity contribution in [1.82, 2.24) is 0 Å². The van der Waals surface area contributed by atoms with Crippen molar-refractivity contribution in [1.29, 1.82) is 0 Å². The highest BCUT2D eigenvalue weighted by Gasteiger charge is 2.30. The number of phosphoric acid groups is 2. The number of rotatable bonds is 83. The molecule has 0 aromatic carbocycles. The predicted octanol–water partition coefficient (Wildman–Crippen LogP) is 25.5. The third-order valence-corrected chi connectivity index (χ3v) is 22.3. The molecule has 0 aromatic rings. The normalized spacial score (nSPS) is 14.4. The summed E-state index contributed by atoms with van der Waals surface area (Å²) in [5, 5.41) is 10.6. The summed E-state index contributed by atoms with van der Waals surface area (Å²) in [4.78, 5) is 72.8. The Labute approximate surface area is 632 Å². The fraction of sp³-hybridized carbons (Fsp3) is 0.952. The molecule has 612 valence electrons. The van der Waals surface area contributed by atoms with Crippen LogP contribution in [0, 0.1) is 11.8 Å². The summed E-state index contributed by atoms with van der Waals surface area (Å²) >= 11 is 0. The molecule has 0 saturated heterocycles. The van der Waals surface area contributed by atoms with Crippen molar-refractivity contribution in [3.63, 3.8) is 0 Å². The second kappa shape index (κ2) is 75.5. The van der Waals surface area contributed by atoms with E-state index in [1.54, 1.807) is 0 Å². The van der Waals surface area contributed by atoms with E-state index in [0.29, 0.717) is 25.7 Å². The van der Waals surface area contributed by atoms with E-state index < -0.39 is 97.5 Å². The molecule has 0 saturated carbocycles. The van der Waals surface area contributed by atoms with E-state index in [1.165, 1.54) is 257 Å². The van der Waals surface area contributed by atoms with Gasteiger partial charge in [-0.25, -0.2) is 9.13 Å². The van der Waals surface area contributed by atoms with Gasteiger partial charge in [0.1, 0.15) is 19.3 Å². The van der Waals surface area contributed by atoms with Gasteiger partial charge in [0.2, 0.25) is 0 Å². The molecule has 0 aliphatic rings. The van der Waals surface area contributed by atoms with Crippen LogP contribution in [0.25, 0.3) is 0 Å².